The van der Waals surface area contributed by atoms with E-state index in [-0.39, 0.29) is 11.5 Å². The second-order valence-corrected chi connectivity index (χ2v) is 8.77. The number of aliphatic hydroxyl groups is 4. The normalized spacial score (nSPS) is 27.4. The third-order valence-electron chi connectivity index (χ3n) is 4.58. The Kier molecular flexibility index (Phi) is 7.43. The Labute approximate surface area is 181 Å². The maximum absolute atomic E-state index is 10.9. The third kappa shape index (κ3) is 5.48. The summed E-state index contributed by atoms with van der Waals surface area (Å²) in [5.41, 5.74) is -0.0337. The van der Waals surface area contributed by atoms with Gasteiger partial charge in [-0.15, -0.1) is 0 Å². The predicted molar refractivity (Wildman–Crippen MR) is 108 cm³/mol. The van der Waals surface area contributed by atoms with Crippen molar-refractivity contribution in [2.24, 2.45) is 5.16 Å². The number of hydrogen-bond acceptors (Lipinski definition) is 12. The molecule has 0 radical (unpaired) electrons. The van der Waals surface area contributed by atoms with Crippen molar-refractivity contribution in [2.45, 2.75) is 36.3 Å². The lowest BCUT2D eigenvalue weighted by Crippen LogP contribution is -2.57. The minimum absolute atomic E-state index is 0.0995. The van der Waals surface area contributed by atoms with E-state index in [4.69, 9.17) is 9.57 Å². The van der Waals surface area contributed by atoms with E-state index in [0.717, 1.165) is 10.9 Å². The minimum atomic E-state index is -5.16. The summed E-state index contributed by atoms with van der Waals surface area (Å²) < 4.78 is 43.6. The van der Waals surface area contributed by atoms with Crippen LogP contribution in [-0.4, -0.2) is 86.7 Å². The predicted octanol–water partition coefficient (Wildman–Crippen LogP) is -1.43. The van der Waals surface area contributed by atoms with E-state index in [0.29, 0.717) is 17.5 Å². The molecule has 0 aliphatic carbocycles. The number of benzene rings is 1. The molecule has 0 amide bonds. The van der Waals surface area contributed by atoms with Gasteiger partial charge in [0.2, 0.25) is 0 Å². The minimum Gasteiger partial charge on any atom is -0.714 e. The maximum atomic E-state index is 10.9. The molecule has 3 rings (SSSR count). The van der Waals surface area contributed by atoms with Crippen molar-refractivity contribution < 1.29 is 47.3 Å². The molecule has 0 bridgehead atoms. The van der Waals surface area contributed by atoms with Crippen LogP contribution in [0.4, 0.5) is 0 Å². The number of aliphatic hydroxyl groups excluding tert-OH is 4. The highest BCUT2D eigenvalue weighted by atomic mass is 32.3. The number of hydrogen-bond donors (Lipinski definition) is 4. The molecule has 12 nitrogen and oxygen atoms in total. The summed E-state index contributed by atoms with van der Waals surface area (Å²) in [5.74, 6) is 0. The van der Waals surface area contributed by atoms with Gasteiger partial charge in [-0.3, -0.25) is 4.28 Å². The van der Waals surface area contributed by atoms with Gasteiger partial charge in [0.05, 0.1) is 17.8 Å². The molecule has 5 atom stereocenters. The second kappa shape index (κ2) is 9.70. The van der Waals surface area contributed by atoms with Crippen LogP contribution in [0.15, 0.2) is 35.5 Å². The van der Waals surface area contributed by atoms with Crippen molar-refractivity contribution in [1.29, 1.82) is 0 Å². The number of para-hydroxylation sites is 1. The zero-order valence-corrected chi connectivity index (χ0v) is 17.8. The molecule has 5 unspecified atom stereocenters. The van der Waals surface area contributed by atoms with E-state index in [9.17, 15) is 33.4 Å². The highest BCUT2D eigenvalue weighted by molar-refractivity contribution is 8.14. The lowest BCUT2D eigenvalue weighted by atomic mass is 10.0. The van der Waals surface area contributed by atoms with Crippen LogP contribution < -0.4 is 4.84 Å². The van der Waals surface area contributed by atoms with Crippen LogP contribution in [0.1, 0.15) is 5.69 Å². The molecule has 0 spiro atoms. The lowest BCUT2D eigenvalue weighted by Gasteiger charge is -2.39. The van der Waals surface area contributed by atoms with Gasteiger partial charge in [-0.2, -0.15) is 13.1 Å². The Morgan fingerprint density at radius 3 is 2.61 bits per heavy atom. The number of fused-ring (bicyclic) bond motifs is 1. The number of rotatable bonds is 7. The summed E-state index contributed by atoms with van der Waals surface area (Å²) in [4.78, 5) is 5.37. The molecule has 1 saturated heterocycles. The Morgan fingerprint density at radius 1 is 1.26 bits per heavy atom. The van der Waals surface area contributed by atoms with Gasteiger partial charge in [0.15, 0.2) is 0 Å². The van der Waals surface area contributed by atoms with Gasteiger partial charge in [0.1, 0.15) is 42.0 Å². The molecule has 14 heteroatoms. The number of thioether (sulfide) groups is 1. The highest BCUT2D eigenvalue weighted by Gasteiger charge is 2.44. The molecule has 1 aliphatic heterocycles. The third-order valence-corrected chi connectivity index (χ3v) is 5.95. The smallest absolute Gasteiger partial charge is 0.284 e. The van der Waals surface area contributed by atoms with Crippen LogP contribution in [0.3, 0.4) is 0 Å². The van der Waals surface area contributed by atoms with Crippen molar-refractivity contribution >= 4 is 38.1 Å². The summed E-state index contributed by atoms with van der Waals surface area (Å²) >= 11 is 0.662. The van der Waals surface area contributed by atoms with Gasteiger partial charge in [-0.05, 0) is 12.1 Å². The van der Waals surface area contributed by atoms with E-state index in [1.54, 1.807) is 18.2 Å². The molecule has 4 N–H and O–H groups in total. The zero-order valence-electron chi connectivity index (χ0n) is 16.1. The fourth-order valence-electron chi connectivity index (χ4n) is 3.16. The fraction of sp³-hybridized carbons (Fsp3) is 0.471. The van der Waals surface area contributed by atoms with Crippen LogP contribution in [0.2, 0.25) is 0 Å². The Morgan fingerprint density at radius 2 is 1.97 bits per heavy atom. The van der Waals surface area contributed by atoms with Crippen LogP contribution in [0, 0.1) is 0 Å². The zero-order chi connectivity index (χ0) is 22.8. The van der Waals surface area contributed by atoms with Gasteiger partial charge in [-0.25, -0.2) is 0 Å². The van der Waals surface area contributed by atoms with Crippen molar-refractivity contribution in [3.8, 4) is 0 Å². The first kappa shape index (κ1) is 23.7. The summed E-state index contributed by atoms with van der Waals surface area (Å²) in [7, 11) is -3.74. The van der Waals surface area contributed by atoms with E-state index in [1.165, 1.54) is 11.8 Å². The molecule has 1 aromatic heterocycles. The first-order chi connectivity index (χ1) is 14.6. The topological polar surface area (TPSA) is 183 Å². The van der Waals surface area contributed by atoms with Crippen molar-refractivity contribution in [1.82, 2.24) is 4.73 Å². The van der Waals surface area contributed by atoms with Crippen LogP contribution >= 0.6 is 11.8 Å². The van der Waals surface area contributed by atoms with Gasteiger partial charge in [-0.1, -0.05) is 35.1 Å². The summed E-state index contributed by atoms with van der Waals surface area (Å²) in [6.45, 7) is -0.641. The Bertz CT molecular complexity index is 1040. The van der Waals surface area contributed by atoms with Gasteiger partial charge in [0.25, 0.3) is 10.4 Å². The van der Waals surface area contributed by atoms with Gasteiger partial charge < -0.3 is 34.6 Å². The maximum Gasteiger partial charge on any atom is 0.284 e. The standard InChI is InChI=1S/C17H22N2O10S2/c1-27-19-10(6-9-4-2-3-5-11(9)19)7-13(18-29-31(24,25)26)30-17-16(23)15(22)14(21)12(8-20)28-17/h2-6,12,14-17,20-23H,7-8H2,1H3,(H,24,25,26)/p-1. The second-order valence-electron chi connectivity index (χ2n) is 6.63. The van der Waals surface area contributed by atoms with Crippen molar-refractivity contribution in [3.63, 3.8) is 0 Å². The fourth-order valence-corrected chi connectivity index (χ4v) is 4.47. The molecule has 1 aromatic carbocycles. The summed E-state index contributed by atoms with van der Waals surface area (Å²) in [6, 6.07) is 8.98. The molecule has 1 aliphatic rings. The van der Waals surface area contributed by atoms with E-state index in [2.05, 4.69) is 9.44 Å². The molecule has 172 valence electrons. The van der Waals surface area contributed by atoms with Gasteiger partial charge >= 0.3 is 0 Å². The number of ether oxygens (including phenoxy) is 1. The van der Waals surface area contributed by atoms with E-state index < -0.39 is 46.9 Å². The first-order valence-electron chi connectivity index (χ1n) is 8.97. The average molecular weight is 477 g/mol. The SMILES string of the molecule is COn1c(CC(=NOS(=O)(=O)[O-])SC2OC(CO)C(O)C(O)C2O)cc2ccccc21. The Hall–Kier alpha value is -1.91. The Balaban J connectivity index is 1.91. The summed E-state index contributed by atoms with van der Waals surface area (Å²) in [5, 5.41) is 43.5. The van der Waals surface area contributed by atoms with Crippen LogP contribution in [0.25, 0.3) is 10.9 Å². The number of aromatic nitrogens is 1. The van der Waals surface area contributed by atoms with Crippen molar-refractivity contribution in [2.75, 3.05) is 13.7 Å². The molecular weight excluding hydrogens is 456 g/mol. The highest BCUT2D eigenvalue weighted by Crippen LogP contribution is 2.31. The molecule has 31 heavy (non-hydrogen) atoms. The van der Waals surface area contributed by atoms with Crippen LogP contribution in [0.5, 0.6) is 0 Å². The summed E-state index contributed by atoms with van der Waals surface area (Å²) in [6.07, 6.45) is -6.08. The van der Waals surface area contributed by atoms with Gasteiger partial charge in [0, 0.05) is 11.8 Å². The van der Waals surface area contributed by atoms with E-state index in [1.807, 2.05) is 12.1 Å². The van der Waals surface area contributed by atoms with E-state index >= 15 is 0 Å². The monoisotopic (exact) mass is 477 g/mol. The molecule has 0 saturated carbocycles. The lowest BCUT2D eigenvalue weighted by molar-refractivity contribution is -0.205. The van der Waals surface area contributed by atoms with Crippen molar-refractivity contribution in [3.05, 3.63) is 36.0 Å². The molecule has 1 fully saturated rings. The molecule has 2 heterocycles. The largest absolute Gasteiger partial charge is 0.714 e. The van der Waals surface area contributed by atoms with Crippen LogP contribution in [-0.2, 0) is 25.8 Å². The number of nitrogens with zero attached hydrogens (tertiary/aromatic N) is 2. The number of oxime groups is 1. The average Bonchev–Trinajstić information content (AvgIpc) is 3.08. The molecular formula is C17H21N2O10S2-. The molecule has 2 aromatic rings. The quantitative estimate of drug-likeness (QED) is 0.120. The first-order valence-corrected chi connectivity index (χ1v) is 11.2.